The van der Waals surface area contributed by atoms with Crippen molar-refractivity contribution < 1.29 is 4.74 Å². The number of anilines is 1. The number of hydrogen-bond donors (Lipinski definition) is 2. The van der Waals surface area contributed by atoms with E-state index in [2.05, 4.69) is 57.7 Å². The van der Waals surface area contributed by atoms with Gasteiger partial charge >= 0.3 is 0 Å². The monoisotopic (exact) mass is 399 g/mol. The second kappa shape index (κ2) is 10.3. The Morgan fingerprint density at radius 1 is 1.10 bits per heavy atom. The van der Waals surface area contributed by atoms with Gasteiger partial charge in [0.05, 0.1) is 18.2 Å². The van der Waals surface area contributed by atoms with Crippen LogP contribution in [0.1, 0.15) is 39.0 Å². The molecule has 3 saturated heterocycles. The molecule has 3 atom stereocenters. The lowest BCUT2D eigenvalue weighted by Crippen LogP contribution is -2.47. The molecule has 29 heavy (non-hydrogen) atoms. The highest BCUT2D eigenvalue weighted by molar-refractivity contribution is 5.80. The van der Waals surface area contributed by atoms with Crippen molar-refractivity contribution in [1.29, 1.82) is 0 Å². The van der Waals surface area contributed by atoms with Gasteiger partial charge < -0.3 is 20.3 Å². The van der Waals surface area contributed by atoms with Crippen molar-refractivity contribution in [2.75, 3.05) is 50.7 Å². The Morgan fingerprint density at radius 3 is 2.62 bits per heavy atom. The summed E-state index contributed by atoms with van der Waals surface area (Å²) in [5.74, 6) is 0.963. The van der Waals surface area contributed by atoms with E-state index in [-0.39, 0.29) is 0 Å². The Bertz CT molecular complexity index is 644. The van der Waals surface area contributed by atoms with E-state index in [0.717, 1.165) is 58.1 Å². The summed E-state index contributed by atoms with van der Waals surface area (Å²) in [5.41, 5.74) is 1.35. The van der Waals surface area contributed by atoms with Crippen LogP contribution >= 0.6 is 0 Å². The number of fused-ring (bicyclic) bond motifs is 2. The van der Waals surface area contributed by atoms with Gasteiger partial charge in [-0.2, -0.15) is 0 Å². The van der Waals surface area contributed by atoms with E-state index in [0.29, 0.717) is 18.2 Å². The van der Waals surface area contributed by atoms with E-state index in [1.165, 1.54) is 31.5 Å². The Hall–Kier alpha value is -1.79. The van der Waals surface area contributed by atoms with Crippen molar-refractivity contribution in [3.8, 4) is 0 Å². The first-order valence-electron chi connectivity index (χ1n) is 11.5. The lowest BCUT2D eigenvalue weighted by Gasteiger charge is -2.36. The van der Waals surface area contributed by atoms with Gasteiger partial charge in [0.2, 0.25) is 0 Å². The van der Waals surface area contributed by atoms with Crippen LogP contribution in [-0.2, 0) is 4.74 Å². The zero-order chi connectivity index (χ0) is 19.9. The molecule has 160 valence electrons. The molecule has 0 spiro atoms. The summed E-state index contributed by atoms with van der Waals surface area (Å²) < 4.78 is 5.96. The van der Waals surface area contributed by atoms with Crippen molar-refractivity contribution >= 4 is 11.6 Å². The van der Waals surface area contributed by atoms with Crippen LogP contribution in [0.15, 0.2) is 35.3 Å². The summed E-state index contributed by atoms with van der Waals surface area (Å²) in [6, 6.07) is 11.2. The second-order valence-electron chi connectivity index (χ2n) is 8.49. The van der Waals surface area contributed by atoms with Gasteiger partial charge in [0.1, 0.15) is 0 Å². The van der Waals surface area contributed by atoms with Gasteiger partial charge in [-0.05, 0) is 57.7 Å². The van der Waals surface area contributed by atoms with Gasteiger partial charge in [0, 0.05) is 45.0 Å². The summed E-state index contributed by atoms with van der Waals surface area (Å²) in [4.78, 5) is 9.90. The molecule has 3 unspecified atom stereocenters. The summed E-state index contributed by atoms with van der Waals surface area (Å²) in [6.45, 7) is 9.68. The average Bonchev–Trinajstić information content (AvgIpc) is 3.38. The molecule has 2 N–H and O–H groups in total. The number of rotatable bonds is 8. The Morgan fingerprint density at radius 2 is 1.93 bits per heavy atom. The maximum absolute atomic E-state index is 5.96. The van der Waals surface area contributed by atoms with Gasteiger partial charge in [-0.1, -0.05) is 18.2 Å². The smallest absolute Gasteiger partial charge is 0.191 e. The van der Waals surface area contributed by atoms with E-state index in [1.807, 2.05) is 0 Å². The molecule has 0 radical (unpaired) electrons. The predicted octanol–water partition coefficient (Wildman–Crippen LogP) is 2.46. The van der Waals surface area contributed by atoms with Crippen LogP contribution < -0.4 is 15.5 Å². The first-order chi connectivity index (χ1) is 14.3. The maximum Gasteiger partial charge on any atom is 0.191 e. The molecule has 0 saturated carbocycles. The van der Waals surface area contributed by atoms with Gasteiger partial charge in [-0.15, -0.1) is 0 Å². The lowest BCUT2D eigenvalue weighted by molar-refractivity contribution is 0.0992. The van der Waals surface area contributed by atoms with E-state index in [9.17, 15) is 0 Å². The van der Waals surface area contributed by atoms with E-state index in [4.69, 9.17) is 9.73 Å². The standard InChI is InChI=1S/C23H37N5O/c1-2-24-23(26-21-18-20-10-11-22(21)29-20)25-12-6-7-13-27-14-16-28(17-15-27)19-8-4-3-5-9-19/h3-5,8-9,20-22H,2,6-7,10-18H2,1H3,(H2,24,25,26). The second-order valence-corrected chi connectivity index (χ2v) is 8.49. The molecule has 3 aliphatic rings. The maximum atomic E-state index is 5.96. The molecule has 2 bridgehead atoms. The molecule has 6 heteroatoms. The number of benzene rings is 1. The quantitative estimate of drug-likeness (QED) is 0.400. The zero-order valence-electron chi connectivity index (χ0n) is 17.9. The number of unbranched alkanes of at least 4 members (excludes halogenated alkanes) is 1. The minimum atomic E-state index is 0.387. The fourth-order valence-corrected chi connectivity index (χ4v) is 4.79. The Labute approximate surface area is 175 Å². The largest absolute Gasteiger partial charge is 0.373 e. The number of hydrogen-bond acceptors (Lipinski definition) is 4. The number of nitrogens with zero attached hydrogens (tertiary/aromatic N) is 3. The zero-order valence-corrected chi connectivity index (χ0v) is 17.9. The number of ether oxygens (including phenoxy) is 1. The lowest BCUT2D eigenvalue weighted by atomic mass is 9.96. The van der Waals surface area contributed by atoms with Crippen LogP contribution in [-0.4, -0.2) is 74.9 Å². The molecule has 1 aromatic rings. The van der Waals surface area contributed by atoms with Gasteiger partial charge in [0.25, 0.3) is 0 Å². The van der Waals surface area contributed by atoms with Gasteiger partial charge in [-0.25, -0.2) is 0 Å². The highest BCUT2D eigenvalue weighted by Gasteiger charge is 2.41. The summed E-state index contributed by atoms with van der Waals surface area (Å²) in [5, 5.41) is 7.00. The van der Waals surface area contributed by atoms with Crippen LogP contribution in [0.3, 0.4) is 0 Å². The molecule has 0 amide bonds. The number of para-hydroxylation sites is 1. The summed E-state index contributed by atoms with van der Waals surface area (Å²) in [7, 11) is 0. The number of piperazine rings is 1. The minimum Gasteiger partial charge on any atom is -0.373 e. The van der Waals surface area contributed by atoms with Crippen molar-refractivity contribution in [2.24, 2.45) is 4.99 Å². The van der Waals surface area contributed by atoms with Crippen LogP contribution in [0.25, 0.3) is 0 Å². The normalized spacial score (nSPS) is 27.4. The summed E-state index contributed by atoms with van der Waals surface area (Å²) >= 11 is 0. The van der Waals surface area contributed by atoms with Crippen LogP contribution in [0.2, 0.25) is 0 Å². The van der Waals surface area contributed by atoms with Gasteiger partial charge in [0.15, 0.2) is 5.96 Å². The highest BCUT2D eigenvalue weighted by atomic mass is 16.5. The molecule has 1 aromatic carbocycles. The fourth-order valence-electron chi connectivity index (χ4n) is 4.79. The number of guanidine groups is 1. The number of aliphatic imine (C=N–C) groups is 1. The molecule has 6 nitrogen and oxygen atoms in total. The molecule has 4 rings (SSSR count). The highest BCUT2D eigenvalue weighted by Crippen LogP contribution is 2.34. The van der Waals surface area contributed by atoms with Crippen molar-refractivity contribution in [3.63, 3.8) is 0 Å². The van der Waals surface area contributed by atoms with Gasteiger partial charge in [-0.3, -0.25) is 9.89 Å². The van der Waals surface area contributed by atoms with Crippen LogP contribution in [0, 0.1) is 0 Å². The van der Waals surface area contributed by atoms with Crippen molar-refractivity contribution in [1.82, 2.24) is 15.5 Å². The molecule has 3 aliphatic heterocycles. The van der Waals surface area contributed by atoms with Crippen molar-refractivity contribution in [2.45, 2.75) is 57.3 Å². The Balaban J connectivity index is 1.12. The van der Waals surface area contributed by atoms with Crippen molar-refractivity contribution in [3.05, 3.63) is 30.3 Å². The third-order valence-electron chi connectivity index (χ3n) is 6.42. The first-order valence-corrected chi connectivity index (χ1v) is 11.5. The molecular formula is C23H37N5O. The van der Waals surface area contributed by atoms with Crippen LogP contribution in [0.4, 0.5) is 5.69 Å². The predicted molar refractivity (Wildman–Crippen MR) is 120 cm³/mol. The molecule has 0 aliphatic carbocycles. The SMILES string of the molecule is CCNC(=NCCCCN1CCN(c2ccccc2)CC1)NC1CC2CCC1O2. The van der Waals surface area contributed by atoms with E-state index in [1.54, 1.807) is 0 Å². The molecule has 3 fully saturated rings. The topological polar surface area (TPSA) is 52.1 Å². The van der Waals surface area contributed by atoms with Crippen LogP contribution in [0.5, 0.6) is 0 Å². The number of nitrogens with one attached hydrogen (secondary N) is 2. The molecule has 0 aromatic heterocycles. The van der Waals surface area contributed by atoms with E-state index < -0.39 is 0 Å². The molecule has 3 heterocycles. The fraction of sp³-hybridized carbons (Fsp3) is 0.696. The minimum absolute atomic E-state index is 0.387. The van der Waals surface area contributed by atoms with E-state index >= 15 is 0 Å². The Kier molecular flexibility index (Phi) is 7.28. The molecular weight excluding hydrogens is 362 g/mol. The third kappa shape index (κ3) is 5.64. The first kappa shape index (κ1) is 20.5. The third-order valence-corrected chi connectivity index (χ3v) is 6.42. The summed E-state index contributed by atoms with van der Waals surface area (Å²) in [6.07, 6.45) is 6.77. The average molecular weight is 400 g/mol.